The van der Waals surface area contributed by atoms with Crippen LogP contribution in [0.1, 0.15) is 11.1 Å². The predicted molar refractivity (Wildman–Crippen MR) is 100 cm³/mol. The van der Waals surface area contributed by atoms with Crippen molar-refractivity contribution in [1.29, 1.82) is 0 Å². The molecule has 0 aliphatic heterocycles. The van der Waals surface area contributed by atoms with Crippen LogP contribution < -0.4 is 16.2 Å². The maximum Gasteiger partial charge on any atom is 0.417 e. The second-order valence-electron chi connectivity index (χ2n) is 6.02. The third-order valence-electron chi connectivity index (χ3n) is 3.91. The topological polar surface area (TPSA) is 63.1 Å². The van der Waals surface area contributed by atoms with Gasteiger partial charge in [-0.05, 0) is 35.9 Å². The summed E-state index contributed by atoms with van der Waals surface area (Å²) in [6.07, 6.45) is -3.73. The van der Waals surface area contributed by atoms with Gasteiger partial charge in [-0.1, -0.05) is 30.3 Å². The number of rotatable bonds is 4. The normalized spacial score (nSPS) is 11.1. The molecule has 1 heterocycles. The van der Waals surface area contributed by atoms with Crippen LogP contribution in [0.4, 0.5) is 29.3 Å². The van der Waals surface area contributed by atoms with Crippen molar-refractivity contribution in [2.24, 2.45) is 0 Å². The number of pyridine rings is 1. The van der Waals surface area contributed by atoms with Crippen LogP contribution in [0.2, 0.25) is 0 Å². The Balaban J connectivity index is 1.66. The molecule has 5 nitrogen and oxygen atoms in total. The van der Waals surface area contributed by atoms with Crippen LogP contribution in [-0.4, -0.2) is 10.6 Å². The molecule has 2 amide bonds. The summed E-state index contributed by atoms with van der Waals surface area (Å²) < 4.78 is 39.4. The monoisotopic (exact) mass is 387 g/mol. The van der Waals surface area contributed by atoms with Crippen LogP contribution in [0.3, 0.4) is 0 Å². The average molecular weight is 387 g/mol. The van der Waals surface area contributed by atoms with Gasteiger partial charge in [-0.25, -0.2) is 4.79 Å². The van der Waals surface area contributed by atoms with E-state index < -0.39 is 23.3 Å². The van der Waals surface area contributed by atoms with Crippen LogP contribution in [0.5, 0.6) is 0 Å². The number of nitrogens with zero attached hydrogens (tertiary/aromatic N) is 1. The van der Waals surface area contributed by atoms with Crippen LogP contribution >= 0.6 is 0 Å². The Morgan fingerprint density at radius 1 is 0.857 bits per heavy atom. The zero-order valence-electron chi connectivity index (χ0n) is 14.5. The number of carbonyl (C=O) groups is 1. The molecule has 0 saturated carbocycles. The molecule has 1 aromatic heterocycles. The second-order valence-corrected chi connectivity index (χ2v) is 6.02. The molecule has 0 aliphatic rings. The summed E-state index contributed by atoms with van der Waals surface area (Å²) in [6.45, 7) is -0.0146. The molecule has 3 rings (SSSR count). The van der Waals surface area contributed by atoms with Crippen molar-refractivity contribution >= 4 is 17.4 Å². The summed E-state index contributed by atoms with van der Waals surface area (Å²) in [5, 5.41) is 5.33. The SMILES string of the molecule is O=C(Nc1ccccc1)Nc1ccc(Cn2cc(C(F)(F)F)ccc2=O)cc1. The number of halogens is 3. The molecule has 2 N–H and O–H groups in total. The first-order chi connectivity index (χ1) is 13.3. The predicted octanol–water partition coefficient (Wildman–Crippen LogP) is 4.56. The molecule has 8 heteroatoms. The second kappa shape index (κ2) is 7.99. The number of para-hydroxylation sites is 1. The lowest BCUT2D eigenvalue weighted by molar-refractivity contribution is -0.138. The molecule has 0 fully saturated rings. The number of hydrogen-bond acceptors (Lipinski definition) is 2. The number of alkyl halides is 3. The van der Waals surface area contributed by atoms with Gasteiger partial charge >= 0.3 is 12.2 Å². The molecule has 0 unspecified atom stereocenters. The molecule has 0 atom stereocenters. The lowest BCUT2D eigenvalue weighted by Gasteiger charge is -2.11. The summed E-state index contributed by atoms with van der Waals surface area (Å²) >= 11 is 0. The van der Waals surface area contributed by atoms with Gasteiger partial charge in [-0.15, -0.1) is 0 Å². The lowest BCUT2D eigenvalue weighted by Crippen LogP contribution is -2.22. The minimum absolute atomic E-state index is 0.0146. The van der Waals surface area contributed by atoms with E-state index in [0.717, 1.165) is 22.9 Å². The Morgan fingerprint density at radius 3 is 2.07 bits per heavy atom. The Morgan fingerprint density at radius 2 is 1.46 bits per heavy atom. The van der Waals surface area contributed by atoms with Crippen LogP contribution in [0.15, 0.2) is 77.7 Å². The smallest absolute Gasteiger partial charge is 0.311 e. The number of carbonyl (C=O) groups excluding carboxylic acids is 1. The molecule has 28 heavy (non-hydrogen) atoms. The summed E-state index contributed by atoms with van der Waals surface area (Å²) in [4.78, 5) is 23.8. The van der Waals surface area contributed by atoms with Crippen molar-refractivity contribution in [3.63, 3.8) is 0 Å². The van der Waals surface area contributed by atoms with Gasteiger partial charge in [0.05, 0.1) is 12.1 Å². The summed E-state index contributed by atoms with van der Waals surface area (Å²) in [5.74, 6) is 0. The van der Waals surface area contributed by atoms with Gasteiger partial charge in [0.1, 0.15) is 0 Å². The summed E-state index contributed by atoms with van der Waals surface area (Å²) in [7, 11) is 0. The van der Waals surface area contributed by atoms with Gasteiger partial charge in [0, 0.05) is 23.6 Å². The number of urea groups is 1. The molecule has 144 valence electrons. The van der Waals surface area contributed by atoms with Crippen molar-refractivity contribution in [2.45, 2.75) is 12.7 Å². The van der Waals surface area contributed by atoms with Crippen molar-refractivity contribution in [3.8, 4) is 0 Å². The van der Waals surface area contributed by atoms with Crippen molar-refractivity contribution in [2.75, 3.05) is 10.6 Å². The number of nitrogens with one attached hydrogen (secondary N) is 2. The number of aromatic nitrogens is 1. The number of hydrogen-bond donors (Lipinski definition) is 2. The highest BCUT2D eigenvalue weighted by Crippen LogP contribution is 2.28. The maximum atomic E-state index is 12.8. The Labute approximate surface area is 158 Å². The molecule has 0 saturated heterocycles. The molecular weight excluding hydrogens is 371 g/mol. The van der Waals surface area contributed by atoms with E-state index in [2.05, 4.69) is 10.6 Å². The molecular formula is C20H16F3N3O2. The molecule has 0 bridgehead atoms. The van der Waals surface area contributed by atoms with Crippen molar-refractivity contribution in [3.05, 3.63) is 94.4 Å². The fourth-order valence-corrected chi connectivity index (χ4v) is 2.53. The summed E-state index contributed by atoms with van der Waals surface area (Å²) in [5.41, 5.74) is 0.352. The lowest BCUT2D eigenvalue weighted by atomic mass is 10.2. The molecule has 2 aromatic carbocycles. The van der Waals surface area contributed by atoms with E-state index in [1.165, 1.54) is 0 Å². The van der Waals surface area contributed by atoms with Crippen LogP contribution in [0, 0.1) is 0 Å². The largest absolute Gasteiger partial charge is 0.417 e. The Bertz CT molecular complexity index is 1010. The third-order valence-corrected chi connectivity index (χ3v) is 3.91. The minimum atomic E-state index is -4.52. The highest BCUT2D eigenvalue weighted by Gasteiger charge is 2.31. The van der Waals surface area contributed by atoms with E-state index in [9.17, 15) is 22.8 Å². The standard InChI is InChI=1S/C20H16F3N3O2/c21-20(22,23)15-8-11-18(27)26(13-15)12-14-6-9-17(10-7-14)25-19(28)24-16-4-2-1-3-5-16/h1-11,13H,12H2,(H2,24,25,28). The fourth-order valence-electron chi connectivity index (χ4n) is 2.53. The number of amides is 2. The highest BCUT2D eigenvalue weighted by molar-refractivity contribution is 5.99. The van der Waals surface area contributed by atoms with E-state index >= 15 is 0 Å². The zero-order chi connectivity index (χ0) is 20.1. The van der Waals surface area contributed by atoms with Gasteiger partial charge in [-0.3, -0.25) is 4.79 Å². The van der Waals surface area contributed by atoms with Gasteiger partial charge in [0.15, 0.2) is 0 Å². The zero-order valence-corrected chi connectivity index (χ0v) is 14.5. The van der Waals surface area contributed by atoms with E-state index in [1.54, 1.807) is 48.5 Å². The van der Waals surface area contributed by atoms with Crippen molar-refractivity contribution in [1.82, 2.24) is 4.57 Å². The first-order valence-corrected chi connectivity index (χ1v) is 8.31. The third kappa shape index (κ3) is 5.00. The van der Waals surface area contributed by atoms with Gasteiger partial charge < -0.3 is 15.2 Å². The van der Waals surface area contributed by atoms with Crippen molar-refractivity contribution < 1.29 is 18.0 Å². The maximum absolute atomic E-state index is 12.8. The van der Waals surface area contributed by atoms with E-state index in [4.69, 9.17) is 0 Å². The Kier molecular flexibility index (Phi) is 5.49. The average Bonchev–Trinajstić information content (AvgIpc) is 2.65. The van der Waals surface area contributed by atoms with Gasteiger partial charge in [-0.2, -0.15) is 13.2 Å². The van der Waals surface area contributed by atoms with Crippen LogP contribution in [0.25, 0.3) is 0 Å². The van der Waals surface area contributed by atoms with Crippen LogP contribution in [-0.2, 0) is 12.7 Å². The molecule has 0 aliphatic carbocycles. The van der Waals surface area contributed by atoms with E-state index in [-0.39, 0.29) is 6.54 Å². The van der Waals surface area contributed by atoms with Gasteiger partial charge in [0.25, 0.3) is 5.56 Å². The number of benzene rings is 2. The number of anilines is 2. The first-order valence-electron chi connectivity index (χ1n) is 8.31. The minimum Gasteiger partial charge on any atom is -0.311 e. The first kappa shape index (κ1) is 19.2. The fraction of sp³-hybridized carbons (Fsp3) is 0.100. The van der Waals surface area contributed by atoms with E-state index in [1.807, 2.05) is 6.07 Å². The summed E-state index contributed by atoms with van der Waals surface area (Å²) in [6, 6.07) is 16.6. The highest BCUT2D eigenvalue weighted by atomic mass is 19.4. The van der Waals surface area contributed by atoms with E-state index in [0.29, 0.717) is 16.9 Å². The molecule has 0 spiro atoms. The van der Waals surface area contributed by atoms with Gasteiger partial charge in [0.2, 0.25) is 0 Å². The quantitative estimate of drug-likeness (QED) is 0.689. The Hall–Kier alpha value is -3.55. The molecule has 3 aromatic rings. The molecule has 0 radical (unpaired) electrons.